The van der Waals surface area contributed by atoms with Crippen LogP contribution >= 0.6 is 0 Å². The molecule has 4 nitrogen and oxygen atoms in total. The molecule has 0 aliphatic heterocycles. The number of carbonyl (C=O) groups is 1. The Labute approximate surface area is 136 Å². The molecule has 0 unspecified atom stereocenters. The van der Waals surface area contributed by atoms with Gasteiger partial charge in [0.15, 0.2) is 0 Å². The van der Waals surface area contributed by atoms with Crippen LogP contribution in [0.25, 0.3) is 6.08 Å². The van der Waals surface area contributed by atoms with E-state index in [-0.39, 0.29) is 6.10 Å². The molecule has 2 aromatic carbocycles. The lowest BCUT2D eigenvalue weighted by Gasteiger charge is -2.09. The molecule has 0 atom stereocenters. The second-order valence-corrected chi connectivity index (χ2v) is 5.17. The summed E-state index contributed by atoms with van der Waals surface area (Å²) >= 11 is 0. The summed E-state index contributed by atoms with van der Waals surface area (Å²) in [5.41, 5.74) is 0.892. The van der Waals surface area contributed by atoms with E-state index in [0.29, 0.717) is 5.75 Å². The van der Waals surface area contributed by atoms with Gasteiger partial charge >= 0.3 is 5.97 Å². The van der Waals surface area contributed by atoms with Crippen molar-refractivity contribution >= 4 is 12.0 Å². The van der Waals surface area contributed by atoms with Gasteiger partial charge in [-0.3, -0.25) is 0 Å². The van der Waals surface area contributed by atoms with Crippen LogP contribution in [0.3, 0.4) is 0 Å². The van der Waals surface area contributed by atoms with Gasteiger partial charge in [0.1, 0.15) is 17.2 Å². The van der Waals surface area contributed by atoms with Gasteiger partial charge in [-0.2, -0.15) is 0 Å². The third kappa shape index (κ3) is 5.51. The standard InChI is InChI=1S/C19H20O4/c1-14(2)22-17-9-11-18(12-10-17)23-19(20)13-6-15-4-7-16(21-3)8-5-15/h4-14H,1-3H3/b13-6+. The summed E-state index contributed by atoms with van der Waals surface area (Å²) in [6.07, 6.45) is 3.19. The molecule has 0 aliphatic carbocycles. The van der Waals surface area contributed by atoms with Gasteiger partial charge in [-0.05, 0) is 61.9 Å². The van der Waals surface area contributed by atoms with E-state index in [9.17, 15) is 4.79 Å². The first kappa shape index (κ1) is 16.6. The smallest absolute Gasteiger partial charge is 0.336 e. The zero-order valence-electron chi connectivity index (χ0n) is 13.5. The Kier molecular flexibility index (Phi) is 5.80. The summed E-state index contributed by atoms with van der Waals surface area (Å²) in [7, 11) is 1.61. The second-order valence-electron chi connectivity index (χ2n) is 5.17. The number of hydrogen-bond acceptors (Lipinski definition) is 4. The zero-order valence-corrected chi connectivity index (χ0v) is 13.5. The van der Waals surface area contributed by atoms with Crippen LogP contribution in [0.5, 0.6) is 17.2 Å². The van der Waals surface area contributed by atoms with Gasteiger partial charge in [-0.25, -0.2) is 4.79 Å². The van der Waals surface area contributed by atoms with Crippen molar-refractivity contribution in [2.45, 2.75) is 20.0 Å². The molecule has 120 valence electrons. The molecule has 23 heavy (non-hydrogen) atoms. The Balaban J connectivity index is 1.91. The second kappa shape index (κ2) is 8.03. The van der Waals surface area contributed by atoms with Crippen molar-refractivity contribution in [1.29, 1.82) is 0 Å². The fourth-order valence-corrected chi connectivity index (χ4v) is 1.89. The monoisotopic (exact) mass is 312 g/mol. The average molecular weight is 312 g/mol. The summed E-state index contributed by atoms with van der Waals surface area (Å²) < 4.78 is 15.9. The molecule has 0 heterocycles. The molecule has 0 saturated heterocycles. The maximum Gasteiger partial charge on any atom is 0.336 e. The third-order valence-corrected chi connectivity index (χ3v) is 2.94. The van der Waals surface area contributed by atoms with E-state index in [1.54, 1.807) is 37.5 Å². The highest BCUT2D eigenvalue weighted by Gasteiger charge is 2.02. The number of carbonyl (C=O) groups excluding carboxylic acids is 1. The van der Waals surface area contributed by atoms with Crippen LogP contribution < -0.4 is 14.2 Å². The maximum atomic E-state index is 11.8. The highest BCUT2D eigenvalue weighted by atomic mass is 16.5. The number of methoxy groups -OCH3 is 1. The minimum Gasteiger partial charge on any atom is -0.497 e. The Hall–Kier alpha value is -2.75. The molecule has 0 bridgehead atoms. The highest BCUT2D eigenvalue weighted by molar-refractivity contribution is 5.88. The summed E-state index contributed by atoms with van der Waals surface area (Å²) in [6, 6.07) is 14.3. The van der Waals surface area contributed by atoms with Gasteiger partial charge in [0.05, 0.1) is 13.2 Å². The van der Waals surface area contributed by atoms with E-state index in [2.05, 4.69) is 0 Å². The van der Waals surface area contributed by atoms with E-state index in [1.165, 1.54) is 6.08 Å². The van der Waals surface area contributed by atoms with Crippen molar-refractivity contribution in [2.75, 3.05) is 7.11 Å². The van der Waals surface area contributed by atoms with E-state index in [4.69, 9.17) is 14.2 Å². The molecule has 0 fully saturated rings. The average Bonchev–Trinajstić information content (AvgIpc) is 2.55. The van der Waals surface area contributed by atoms with Crippen LogP contribution in [-0.4, -0.2) is 19.2 Å². The fourth-order valence-electron chi connectivity index (χ4n) is 1.89. The number of rotatable bonds is 6. The molecule has 0 spiro atoms. The lowest BCUT2D eigenvalue weighted by Crippen LogP contribution is -2.06. The minimum absolute atomic E-state index is 0.107. The number of ether oxygens (including phenoxy) is 3. The van der Waals surface area contributed by atoms with Crippen molar-refractivity contribution in [1.82, 2.24) is 0 Å². The molecule has 4 heteroatoms. The molecular formula is C19H20O4. The first-order valence-corrected chi connectivity index (χ1v) is 7.37. The molecular weight excluding hydrogens is 292 g/mol. The fraction of sp³-hybridized carbons (Fsp3) is 0.211. The molecule has 2 aromatic rings. The highest BCUT2D eigenvalue weighted by Crippen LogP contribution is 2.19. The van der Waals surface area contributed by atoms with Crippen molar-refractivity contribution in [3.8, 4) is 17.2 Å². The van der Waals surface area contributed by atoms with Gasteiger partial charge in [-0.1, -0.05) is 12.1 Å². The molecule has 0 aromatic heterocycles. The number of benzene rings is 2. The van der Waals surface area contributed by atoms with Crippen LogP contribution in [0.2, 0.25) is 0 Å². The van der Waals surface area contributed by atoms with Crippen LogP contribution in [0, 0.1) is 0 Å². The van der Waals surface area contributed by atoms with Crippen LogP contribution in [0.15, 0.2) is 54.6 Å². The van der Waals surface area contributed by atoms with E-state index in [1.807, 2.05) is 38.1 Å². The topological polar surface area (TPSA) is 44.8 Å². The molecule has 0 amide bonds. The summed E-state index contributed by atoms with van der Waals surface area (Å²) in [6.45, 7) is 3.91. The molecule has 0 aliphatic rings. The number of hydrogen-bond donors (Lipinski definition) is 0. The van der Waals surface area contributed by atoms with Gasteiger partial charge in [0.25, 0.3) is 0 Å². The lowest BCUT2D eigenvalue weighted by molar-refractivity contribution is -0.128. The van der Waals surface area contributed by atoms with Gasteiger partial charge in [0.2, 0.25) is 0 Å². The molecule has 0 radical (unpaired) electrons. The number of esters is 1. The Morgan fingerprint density at radius 3 is 2.04 bits per heavy atom. The molecule has 0 N–H and O–H groups in total. The third-order valence-electron chi connectivity index (χ3n) is 2.94. The van der Waals surface area contributed by atoms with Gasteiger partial charge in [0, 0.05) is 6.08 Å². The summed E-state index contributed by atoms with van der Waals surface area (Å²) in [5.74, 6) is 1.56. The Morgan fingerprint density at radius 2 is 1.48 bits per heavy atom. The maximum absolute atomic E-state index is 11.8. The lowest BCUT2D eigenvalue weighted by atomic mass is 10.2. The zero-order chi connectivity index (χ0) is 16.7. The first-order valence-electron chi connectivity index (χ1n) is 7.37. The van der Waals surface area contributed by atoms with Crippen molar-refractivity contribution in [3.05, 3.63) is 60.2 Å². The summed E-state index contributed by atoms with van der Waals surface area (Å²) in [5, 5.41) is 0. The largest absolute Gasteiger partial charge is 0.497 e. The predicted molar refractivity (Wildman–Crippen MR) is 89.9 cm³/mol. The molecule has 0 saturated carbocycles. The normalized spacial score (nSPS) is 10.8. The van der Waals surface area contributed by atoms with Gasteiger partial charge in [-0.15, -0.1) is 0 Å². The Morgan fingerprint density at radius 1 is 0.913 bits per heavy atom. The van der Waals surface area contributed by atoms with E-state index < -0.39 is 5.97 Å². The van der Waals surface area contributed by atoms with Crippen molar-refractivity contribution < 1.29 is 19.0 Å². The summed E-state index contributed by atoms with van der Waals surface area (Å²) in [4.78, 5) is 11.8. The van der Waals surface area contributed by atoms with Crippen LogP contribution in [0.4, 0.5) is 0 Å². The predicted octanol–water partition coefficient (Wildman–Crippen LogP) is 4.10. The first-order chi connectivity index (χ1) is 11.1. The minimum atomic E-state index is -0.432. The van der Waals surface area contributed by atoms with Crippen LogP contribution in [-0.2, 0) is 4.79 Å². The SMILES string of the molecule is COc1ccc(/C=C/C(=O)Oc2ccc(OC(C)C)cc2)cc1. The van der Waals surface area contributed by atoms with Crippen molar-refractivity contribution in [2.24, 2.45) is 0 Å². The van der Waals surface area contributed by atoms with Crippen LogP contribution in [0.1, 0.15) is 19.4 Å². The quantitative estimate of drug-likeness (QED) is 0.457. The van der Waals surface area contributed by atoms with Crippen molar-refractivity contribution in [3.63, 3.8) is 0 Å². The van der Waals surface area contributed by atoms with E-state index >= 15 is 0 Å². The van der Waals surface area contributed by atoms with E-state index in [0.717, 1.165) is 17.1 Å². The van der Waals surface area contributed by atoms with Gasteiger partial charge < -0.3 is 14.2 Å². The molecule has 2 rings (SSSR count). The Bertz CT molecular complexity index is 655.